The van der Waals surface area contributed by atoms with Crippen molar-refractivity contribution in [1.82, 2.24) is 0 Å². The van der Waals surface area contributed by atoms with Crippen LogP contribution in [0.4, 0.5) is 0 Å². The molecule has 0 amide bonds. The number of carbonyl (C=O) groups is 1. The van der Waals surface area contributed by atoms with Crippen LogP contribution in [0.15, 0.2) is 12.0 Å². The summed E-state index contributed by atoms with van der Waals surface area (Å²) in [4.78, 5) is 12.2. The SMILES string of the molecule is CC1=[N+](/C(=C/[O-])C(=O)C(C)(C)C)CC(C)(C)C1. The second-order valence-electron chi connectivity index (χ2n) is 6.74. The molecule has 17 heavy (non-hydrogen) atoms. The standard InChI is InChI=1S/C14H23NO2/c1-10-7-14(5,6)9-15(10)11(8-16)12(17)13(2,3)4/h8H,7,9H2,1-6H3. The van der Waals surface area contributed by atoms with Crippen LogP contribution in [0.5, 0.6) is 0 Å². The molecule has 0 saturated heterocycles. The Hall–Kier alpha value is -1.12. The average molecular weight is 237 g/mol. The van der Waals surface area contributed by atoms with E-state index in [1.54, 1.807) is 0 Å². The molecule has 3 heteroatoms. The lowest BCUT2D eigenvalue weighted by Crippen LogP contribution is -2.31. The third kappa shape index (κ3) is 2.96. The molecule has 0 atom stereocenters. The topological polar surface area (TPSA) is 43.1 Å². The molecular formula is C14H23NO2. The first-order chi connectivity index (χ1) is 7.58. The van der Waals surface area contributed by atoms with Gasteiger partial charge in [0, 0.05) is 24.2 Å². The lowest BCUT2D eigenvalue weighted by atomic mass is 9.88. The highest BCUT2D eigenvalue weighted by Crippen LogP contribution is 2.30. The molecule has 1 aliphatic heterocycles. The summed E-state index contributed by atoms with van der Waals surface area (Å²) in [6, 6.07) is 0. The van der Waals surface area contributed by atoms with Crippen molar-refractivity contribution in [3.63, 3.8) is 0 Å². The number of allylic oxidation sites excluding steroid dienone is 1. The van der Waals surface area contributed by atoms with E-state index in [1.165, 1.54) is 0 Å². The van der Waals surface area contributed by atoms with Crippen molar-refractivity contribution < 1.29 is 14.5 Å². The van der Waals surface area contributed by atoms with Gasteiger partial charge in [-0.3, -0.25) is 4.79 Å². The van der Waals surface area contributed by atoms with E-state index in [2.05, 4.69) is 13.8 Å². The number of ketones is 1. The van der Waals surface area contributed by atoms with Crippen molar-refractivity contribution in [2.75, 3.05) is 6.54 Å². The van der Waals surface area contributed by atoms with Gasteiger partial charge < -0.3 is 5.11 Å². The van der Waals surface area contributed by atoms with Gasteiger partial charge in [0.1, 0.15) is 0 Å². The Morgan fingerprint density at radius 2 is 1.94 bits per heavy atom. The highest BCUT2D eigenvalue weighted by atomic mass is 16.2. The number of nitrogens with zero attached hydrogens (tertiary/aromatic N) is 1. The fourth-order valence-corrected chi connectivity index (χ4v) is 2.32. The highest BCUT2D eigenvalue weighted by Gasteiger charge is 2.40. The van der Waals surface area contributed by atoms with Crippen LogP contribution >= 0.6 is 0 Å². The average Bonchev–Trinajstić information content (AvgIpc) is 2.39. The fraction of sp³-hybridized carbons (Fsp3) is 0.714. The molecule has 0 N–H and O–H groups in total. The van der Waals surface area contributed by atoms with Crippen molar-refractivity contribution in [2.24, 2.45) is 10.8 Å². The number of hydrogen-bond donors (Lipinski definition) is 0. The van der Waals surface area contributed by atoms with Crippen LogP contribution in [0.2, 0.25) is 0 Å². The molecule has 0 unspecified atom stereocenters. The second kappa shape index (κ2) is 4.28. The van der Waals surface area contributed by atoms with E-state index >= 15 is 0 Å². The zero-order valence-corrected chi connectivity index (χ0v) is 11.8. The first kappa shape index (κ1) is 13.9. The summed E-state index contributed by atoms with van der Waals surface area (Å²) in [5.74, 6) is -0.0791. The summed E-state index contributed by atoms with van der Waals surface area (Å²) >= 11 is 0. The summed E-state index contributed by atoms with van der Waals surface area (Å²) in [5.41, 5.74) is 1.04. The van der Waals surface area contributed by atoms with Crippen molar-refractivity contribution in [1.29, 1.82) is 0 Å². The quantitative estimate of drug-likeness (QED) is 0.417. The largest absolute Gasteiger partial charge is 0.873 e. The third-order valence-electron chi connectivity index (χ3n) is 3.10. The summed E-state index contributed by atoms with van der Waals surface area (Å²) in [5, 5.41) is 11.2. The van der Waals surface area contributed by atoms with E-state index in [0.717, 1.165) is 18.7 Å². The molecule has 0 aromatic rings. The summed E-state index contributed by atoms with van der Waals surface area (Å²) in [7, 11) is 0. The Morgan fingerprint density at radius 1 is 1.41 bits per heavy atom. The van der Waals surface area contributed by atoms with Crippen LogP contribution < -0.4 is 5.11 Å². The molecule has 1 rings (SSSR count). The van der Waals surface area contributed by atoms with Gasteiger partial charge in [0.15, 0.2) is 12.3 Å². The number of hydrogen-bond acceptors (Lipinski definition) is 2. The Bertz CT molecular complexity index is 395. The molecule has 96 valence electrons. The Kier molecular flexibility index (Phi) is 3.51. The lowest BCUT2D eigenvalue weighted by molar-refractivity contribution is -0.482. The normalized spacial score (nSPS) is 20.9. The van der Waals surface area contributed by atoms with E-state index in [4.69, 9.17) is 0 Å². The predicted molar refractivity (Wildman–Crippen MR) is 66.8 cm³/mol. The van der Waals surface area contributed by atoms with E-state index in [1.807, 2.05) is 32.3 Å². The zero-order valence-electron chi connectivity index (χ0n) is 11.8. The molecular weight excluding hydrogens is 214 g/mol. The van der Waals surface area contributed by atoms with Crippen molar-refractivity contribution in [2.45, 2.75) is 48.0 Å². The van der Waals surface area contributed by atoms with Gasteiger partial charge in [0.2, 0.25) is 11.5 Å². The van der Waals surface area contributed by atoms with Crippen LogP contribution in [-0.4, -0.2) is 22.6 Å². The van der Waals surface area contributed by atoms with E-state index in [9.17, 15) is 9.90 Å². The molecule has 0 aromatic carbocycles. The van der Waals surface area contributed by atoms with Gasteiger partial charge in [-0.1, -0.05) is 40.9 Å². The first-order valence-corrected chi connectivity index (χ1v) is 6.05. The van der Waals surface area contributed by atoms with Gasteiger partial charge >= 0.3 is 0 Å². The van der Waals surface area contributed by atoms with Gasteiger partial charge in [-0.25, -0.2) is 0 Å². The van der Waals surface area contributed by atoms with Crippen molar-refractivity contribution in [3.05, 3.63) is 12.0 Å². The number of carbonyl (C=O) groups excluding carboxylic acids is 1. The second-order valence-corrected chi connectivity index (χ2v) is 6.74. The minimum atomic E-state index is -0.511. The molecule has 0 aromatic heterocycles. The Labute approximate surface area is 104 Å². The van der Waals surface area contributed by atoms with Crippen LogP contribution in [0.25, 0.3) is 0 Å². The van der Waals surface area contributed by atoms with Gasteiger partial charge in [-0.05, 0) is 0 Å². The summed E-state index contributed by atoms with van der Waals surface area (Å²) in [6.45, 7) is 12.6. The molecule has 0 bridgehead atoms. The Balaban J connectivity index is 3.08. The van der Waals surface area contributed by atoms with E-state index in [-0.39, 0.29) is 11.2 Å². The molecule has 0 radical (unpaired) electrons. The number of rotatable bonds is 2. The van der Waals surface area contributed by atoms with Crippen LogP contribution in [0, 0.1) is 10.8 Å². The van der Waals surface area contributed by atoms with Crippen LogP contribution in [0.3, 0.4) is 0 Å². The maximum atomic E-state index is 12.2. The van der Waals surface area contributed by atoms with Gasteiger partial charge in [-0.2, -0.15) is 4.58 Å². The van der Waals surface area contributed by atoms with E-state index in [0.29, 0.717) is 12.0 Å². The Morgan fingerprint density at radius 3 is 2.24 bits per heavy atom. The zero-order chi connectivity index (χ0) is 13.4. The maximum absolute atomic E-state index is 12.2. The molecule has 0 saturated carbocycles. The van der Waals surface area contributed by atoms with Gasteiger partial charge in [0.25, 0.3) is 0 Å². The summed E-state index contributed by atoms with van der Waals surface area (Å²) < 4.78 is 1.89. The highest BCUT2D eigenvalue weighted by molar-refractivity contribution is 5.98. The molecule has 1 aliphatic rings. The smallest absolute Gasteiger partial charge is 0.233 e. The third-order valence-corrected chi connectivity index (χ3v) is 3.10. The van der Waals surface area contributed by atoms with Gasteiger partial charge in [-0.15, -0.1) is 0 Å². The molecule has 0 spiro atoms. The van der Waals surface area contributed by atoms with Crippen molar-refractivity contribution in [3.8, 4) is 0 Å². The maximum Gasteiger partial charge on any atom is 0.233 e. The first-order valence-electron chi connectivity index (χ1n) is 6.05. The molecule has 3 nitrogen and oxygen atoms in total. The minimum absolute atomic E-state index is 0.0791. The molecule has 1 heterocycles. The van der Waals surface area contributed by atoms with Gasteiger partial charge in [0.05, 0.1) is 0 Å². The summed E-state index contributed by atoms with van der Waals surface area (Å²) in [6.07, 6.45) is 1.64. The van der Waals surface area contributed by atoms with Crippen molar-refractivity contribution >= 4 is 11.5 Å². The lowest BCUT2D eigenvalue weighted by Gasteiger charge is -2.18. The van der Waals surface area contributed by atoms with Crippen LogP contribution in [0.1, 0.15) is 48.0 Å². The monoisotopic (exact) mass is 237 g/mol. The number of Topliss-reactive ketones (excluding diaryl/α,β-unsaturated/α-hetero) is 1. The molecule has 0 aliphatic carbocycles. The minimum Gasteiger partial charge on any atom is -0.873 e. The van der Waals surface area contributed by atoms with E-state index < -0.39 is 5.41 Å². The van der Waals surface area contributed by atoms with Crippen LogP contribution in [-0.2, 0) is 4.79 Å². The molecule has 0 fully saturated rings. The predicted octanol–water partition coefficient (Wildman–Crippen LogP) is 1.71. The fourth-order valence-electron chi connectivity index (χ4n) is 2.32.